The number of aliphatic carboxylic acids is 1. The van der Waals surface area contributed by atoms with Crippen molar-refractivity contribution in [3.8, 4) is 0 Å². The Morgan fingerprint density at radius 1 is 1.48 bits per heavy atom. The number of halogens is 1. The molecule has 0 bridgehead atoms. The maximum absolute atomic E-state index is 12.1. The second-order valence-electron chi connectivity index (χ2n) is 5.47. The smallest absolute Gasteiger partial charge is 0.317 e. The zero-order chi connectivity index (χ0) is 15.4. The fourth-order valence-corrected chi connectivity index (χ4v) is 3.67. The summed E-state index contributed by atoms with van der Waals surface area (Å²) in [5.41, 5.74) is 0. The molecule has 2 unspecified atom stereocenters. The zero-order valence-electron chi connectivity index (χ0n) is 11.8. The number of hydrogen-bond donors (Lipinski definition) is 2. The topological polar surface area (TPSA) is 69.6 Å². The third kappa shape index (κ3) is 4.61. The highest BCUT2D eigenvalue weighted by molar-refractivity contribution is 7.16. The molecule has 7 heteroatoms. The molecular weight excluding hydrogens is 312 g/mol. The minimum Gasteiger partial charge on any atom is -0.481 e. The lowest BCUT2D eigenvalue weighted by Gasteiger charge is -2.34. The first-order valence-electron chi connectivity index (χ1n) is 6.95. The minimum absolute atomic E-state index is 0.185. The number of rotatable bonds is 4. The number of thiophene rings is 1. The number of urea groups is 1. The van der Waals surface area contributed by atoms with Crippen LogP contribution in [0.25, 0.3) is 0 Å². The second kappa shape index (κ2) is 7.13. The minimum atomic E-state index is -0.826. The predicted octanol–water partition coefficient (Wildman–Crippen LogP) is 2.70. The van der Waals surface area contributed by atoms with Crippen LogP contribution in [0.1, 0.15) is 18.2 Å². The molecule has 1 saturated heterocycles. The molecule has 2 rings (SSSR count). The van der Waals surface area contributed by atoms with Gasteiger partial charge in [-0.1, -0.05) is 18.5 Å². The van der Waals surface area contributed by atoms with Crippen LogP contribution in [0.15, 0.2) is 12.1 Å². The number of carbonyl (C=O) groups is 2. The Balaban J connectivity index is 1.80. The van der Waals surface area contributed by atoms with Crippen molar-refractivity contribution < 1.29 is 14.7 Å². The van der Waals surface area contributed by atoms with E-state index in [0.717, 1.165) is 15.6 Å². The van der Waals surface area contributed by atoms with Gasteiger partial charge in [0.05, 0.1) is 10.3 Å². The van der Waals surface area contributed by atoms with Gasteiger partial charge in [0.15, 0.2) is 0 Å². The maximum Gasteiger partial charge on any atom is 0.317 e. The summed E-state index contributed by atoms with van der Waals surface area (Å²) in [5, 5.41) is 12.0. The molecule has 21 heavy (non-hydrogen) atoms. The molecule has 5 nitrogen and oxygen atoms in total. The molecule has 0 radical (unpaired) electrons. The summed E-state index contributed by atoms with van der Waals surface area (Å²) >= 11 is 7.36. The summed E-state index contributed by atoms with van der Waals surface area (Å²) in [6.45, 7) is 3.40. The standard InChI is InChI=1S/C14H19ClN2O3S/c1-9-6-10(13(18)19)8-17(7-9)14(20)16-5-4-11-2-3-12(15)21-11/h2-3,9-10H,4-8H2,1H3,(H,16,20)(H,18,19). The summed E-state index contributed by atoms with van der Waals surface area (Å²) in [4.78, 5) is 25.9. The highest BCUT2D eigenvalue weighted by Crippen LogP contribution is 2.22. The van der Waals surface area contributed by atoms with E-state index >= 15 is 0 Å². The number of hydrogen-bond acceptors (Lipinski definition) is 3. The Morgan fingerprint density at radius 3 is 2.86 bits per heavy atom. The summed E-state index contributed by atoms with van der Waals surface area (Å²) in [7, 11) is 0. The highest BCUT2D eigenvalue weighted by atomic mass is 35.5. The van der Waals surface area contributed by atoms with Gasteiger partial charge in [-0.3, -0.25) is 4.79 Å². The molecule has 0 saturated carbocycles. The molecular formula is C14H19ClN2O3S. The number of carbonyl (C=O) groups excluding carboxylic acids is 1. The Kier molecular flexibility index (Phi) is 5.47. The number of likely N-dealkylation sites (tertiary alicyclic amines) is 1. The van der Waals surface area contributed by atoms with Gasteiger partial charge < -0.3 is 15.3 Å². The van der Waals surface area contributed by atoms with Gasteiger partial charge in [-0.15, -0.1) is 11.3 Å². The number of carboxylic acid groups (broad SMARTS) is 1. The number of piperidine rings is 1. The molecule has 2 amide bonds. The Hall–Kier alpha value is -1.27. The first-order chi connectivity index (χ1) is 9.95. The van der Waals surface area contributed by atoms with E-state index in [2.05, 4.69) is 5.32 Å². The predicted molar refractivity (Wildman–Crippen MR) is 82.9 cm³/mol. The largest absolute Gasteiger partial charge is 0.481 e. The normalized spacial score (nSPS) is 22.1. The first kappa shape index (κ1) is 16.1. The third-order valence-corrected chi connectivity index (χ3v) is 4.86. The van der Waals surface area contributed by atoms with Crippen LogP contribution in [-0.4, -0.2) is 41.6 Å². The van der Waals surface area contributed by atoms with Crippen molar-refractivity contribution in [2.24, 2.45) is 11.8 Å². The van der Waals surface area contributed by atoms with Crippen molar-refractivity contribution in [3.63, 3.8) is 0 Å². The first-order valence-corrected chi connectivity index (χ1v) is 8.15. The molecule has 1 fully saturated rings. The van der Waals surface area contributed by atoms with E-state index in [4.69, 9.17) is 16.7 Å². The molecule has 0 spiro atoms. The second-order valence-corrected chi connectivity index (χ2v) is 7.27. The molecule has 1 aromatic rings. The number of nitrogens with one attached hydrogen (secondary N) is 1. The lowest BCUT2D eigenvalue weighted by atomic mass is 9.91. The molecule has 2 N–H and O–H groups in total. The Morgan fingerprint density at radius 2 is 2.24 bits per heavy atom. The van der Waals surface area contributed by atoms with Gasteiger partial charge in [0, 0.05) is 24.5 Å². The average molecular weight is 331 g/mol. The van der Waals surface area contributed by atoms with E-state index < -0.39 is 11.9 Å². The van der Waals surface area contributed by atoms with Crippen LogP contribution in [0.4, 0.5) is 4.79 Å². The monoisotopic (exact) mass is 330 g/mol. The van der Waals surface area contributed by atoms with Crippen molar-refractivity contribution in [2.45, 2.75) is 19.8 Å². The van der Waals surface area contributed by atoms with Gasteiger partial charge in [0.25, 0.3) is 0 Å². The Bertz CT molecular complexity index is 520. The molecule has 1 aliphatic rings. The van der Waals surface area contributed by atoms with E-state index in [9.17, 15) is 9.59 Å². The fourth-order valence-electron chi connectivity index (χ4n) is 2.59. The molecule has 2 atom stereocenters. The van der Waals surface area contributed by atoms with Crippen LogP contribution in [-0.2, 0) is 11.2 Å². The van der Waals surface area contributed by atoms with E-state index in [-0.39, 0.29) is 18.5 Å². The molecule has 2 heterocycles. The zero-order valence-corrected chi connectivity index (χ0v) is 13.4. The van der Waals surface area contributed by atoms with Crippen molar-refractivity contribution in [3.05, 3.63) is 21.3 Å². The van der Waals surface area contributed by atoms with Crippen LogP contribution < -0.4 is 5.32 Å². The van der Waals surface area contributed by atoms with Crippen LogP contribution in [0.2, 0.25) is 4.34 Å². The quantitative estimate of drug-likeness (QED) is 0.891. The van der Waals surface area contributed by atoms with Gasteiger partial charge >= 0.3 is 12.0 Å². The molecule has 0 aromatic carbocycles. The summed E-state index contributed by atoms with van der Waals surface area (Å²) < 4.78 is 0.741. The van der Waals surface area contributed by atoms with Gasteiger partial charge in [-0.05, 0) is 30.9 Å². The van der Waals surface area contributed by atoms with Crippen molar-refractivity contribution in [1.29, 1.82) is 0 Å². The van der Waals surface area contributed by atoms with Crippen LogP contribution in [0.3, 0.4) is 0 Å². The van der Waals surface area contributed by atoms with Gasteiger partial charge in [0.1, 0.15) is 0 Å². The lowest BCUT2D eigenvalue weighted by molar-refractivity contribution is -0.143. The van der Waals surface area contributed by atoms with Crippen molar-refractivity contribution >= 4 is 34.9 Å². The molecule has 1 aliphatic heterocycles. The van der Waals surface area contributed by atoms with E-state index in [1.54, 1.807) is 4.90 Å². The average Bonchev–Trinajstić information content (AvgIpc) is 2.83. The van der Waals surface area contributed by atoms with Crippen molar-refractivity contribution in [1.82, 2.24) is 10.2 Å². The van der Waals surface area contributed by atoms with E-state index in [0.29, 0.717) is 19.5 Å². The summed E-state index contributed by atoms with van der Waals surface area (Å²) in [5.74, 6) is -1.08. The van der Waals surface area contributed by atoms with Gasteiger partial charge in [0.2, 0.25) is 0 Å². The van der Waals surface area contributed by atoms with Gasteiger partial charge in [-0.25, -0.2) is 4.79 Å². The fraction of sp³-hybridized carbons (Fsp3) is 0.571. The summed E-state index contributed by atoms with van der Waals surface area (Å²) in [6, 6.07) is 3.60. The van der Waals surface area contributed by atoms with Crippen molar-refractivity contribution in [2.75, 3.05) is 19.6 Å². The molecule has 1 aromatic heterocycles. The molecule has 0 aliphatic carbocycles. The number of carboxylic acids is 1. The Labute approximate surface area is 132 Å². The molecule has 116 valence electrons. The highest BCUT2D eigenvalue weighted by Gasteiger charge is 2.31. The lowest BCUT2D eigenvalue weighted by Crippen LogP contribution is -2.49. The van der Waals surface area contributed by atoms with E-state index in [1.807, 2.05) is 19.1 Å². The van der Waals surface area contributed by atoms with Crippen LogP contribution in [0.5, 0.6) is 0 Å². The number of nitrogens with zero attached hydrogens (tertiary/aromatic N) is 1. The summed E-state index contributed by atoms with van der Waals surface area (Å²) in [6.07, 6.45) is 1.36. The van der Waals surface area contributed by atoms with Crippen LogP contribution >= 0.6 is 22.9 Å². The van der Waals surface area contributed by atoms with Crippen LogP contribution in [0, 0.1) is 11.8 Å². The maximum atomic E-state index is 12.1. The van der Waals surface area contributed by atoms with Gasteiger partial charge in [-0.2, -0.15) is 0 Å². The number of amides is 2. The van der Waals surface area contributed by atoms with E-state index in [1.165, 1.54) is 11.3 Å². The SMILES string of the molecule is CC1CC(C(=O)O)CN(C(=O)NCCc2ccc(Cl)s2)C1. The third-order valence-electron chi connectivity index (χ3n) is 3.57.